The van der Waals surface area contributed by atoms with E-state index in [-0.39, 0.29) is 11.9 Å². The highest BCUT2D eigenvalue weighted by Gasteiger charge is 2.21. The van der Waals surface area contributed by atoms with E-state index in [9.17, 15) is 4.79 Å². The third-order valence-electron chi connectivity index (χ3n) is 5.02. The number of piperidine rings is 1. The zero-order chi connectivity index (χ0) is 20.5. The van der Waals surface area contributed by atoms with E-state index in [1.165, 1.54) is 11.5 Å². The van der Waals surface area contributed by atoms with E-state index in [1.54, 1.807) is 24.8 Å². The van der Waals surface area contributed by atoms with Crippen LogP contribution in [0.15, 0.2) is 30.9 Å². The molecule has 30 heavy (non-hydrogen) atoms. The average molecular weight is 424 g/mol. The van der Waals surface area contributed by atoms with E-state index in [2.05, 4.69) is 40.5 Å². The van der Waals surface area contributed by atoms with Gasteiger partial charge in [-0.1, -0.05) is 0 Å². The minimum Gasteiger partial charge on any atom is -0.347 e. The van der Waals surface area contributed by atoms with Gasteiger partial charge in [-0.2, -0.15) is 9.47 Å². The number of amides is 1. The van der Waals surface area contributed by atoms with E-state index in [1.807, 2.05) is 17.4 Å². The number of nitrogens with one attached hydrogen (secondary N) is 4. The van der Waals surface area contributed by atoms with Crippen molar-refractivity contribution in [3.05, 3.63) is 42.2 Å². The Morgan fingerprint density at radius 1 is 1.37 bits per heavy atom. The first-order chi connectivity index (χ1) is 14.7. The van der Waals surface area contributed by atoms with E-state index < -0.39 is 0 Å². The van der Waals surface area contributed by atoms with Gasteiger partial charge in [-0.25, -0.2) is 9.97 Å². The van der Waals surface area contributed by atoms with E-state index in [0.717, 1.165) is 47.9 Å². The summed E-state index contributed by atoms with van der Waals surface area (Å²) >= 11 is 1.34. The van der Waals surface area contributed by atoms with Crippen molar-refractivity contribution in [2.45, 2.75) is 25.8 Å². The van der Waals surface area contributed by atoms with Crippen molar-refractivity contribution in [1.82, 2.24) is 39.6 Å². The molecule has 4 aromatic rings. The molecule has 1 aliphatic rings. The van der Waals surface area contributed by atoms with Crippen LogP contribution in [0.1, 0.15) is 29.0 Å². The maximum absolute atomic E-state index is 13.0. The summed E-state index contributed by atoms with van der Waals surface area (Å²) in [4.78, 5) is 22.1. The zero-order valence-electron chi connectivity index (χ0n) is 16.3. The number of imidazole rings is 1. The van der Waals surface area contributed by atoms with Crippen molar-refractivity contribution in [3.8, 4) is 11.3 Å². The minimum absolute atomic E-state index is 0.0976. The monoisotopic (exact) mass is 423 g/mol. The molecule has 1 atom stereocenters. The van der Waals surface area contributed by atoms with Crippen LogP contribution in [0.2, 0.25) is 0 Å². The lowest BCUT2D eigenvalue weighted by Gasteiger charge is -2.23. The van der Waals surface area contributed by atoms with E-state index in [4.69, 9.17) is 0 Å². The number of carbonyl (C=O) groups is 1. The molecular weight excluding hydrogens is 402 g/mol. The summed E-state index contributed by atoms with van der Waals surface area (Å²) in [6, 6.07) is 2.03. The molecule has 1 amide bonds. The summed E-state index contributed by atoms with van der Waals surface area (Å²) in [5.41, 5.74) is 3.54. The van der Waals surface area contributed by atoms with Crippen molar-refractivity contribution in [1.29, 1.82) is 0 Å². The molecule has 1 fully saturated rings. The smallest absolute Gasteiger partial charge is 0.271 e. The maximum Gasteiger partial charge on any atom is 0.271 e. The summed E-state index contributed by atoms with van der Waals surface area (Å²) in [6.07, 6.45) is 8.98. The first-order valence-electron chi connectivity index (χ1n) is 9.76. The van der Waals surface area contributed by atoms with Crippen LogP contribution >= 0.6 is 11.5 Å². The molecule has 1 unspecified atom stereocenters. The number of anilines is 2. The number of H-pyrrole nitrogens is 1. The molecular formula is C19H21N9OS. The van der Waals surface area contributed by atoms with Crippen LogP contribution in [-0.4, -0.2) is 54.0 Å². The molecule has 0 spiro atoms. The second-order valence-electron chi connectivity index (χ2n) is 7.27. The Hall–Kier alpha value is -3.31. The number of hydrogen-bond donors (Lipinski definition) is 4. The Bertz CT molecular complexity index is 1170. The van der Waals surface area contributed by atoms with Crippen LogP contribution in [-0.2, 0) is 0 Å². The molecule has 0 aromatic carbocycles. The second kappa shape index (κ2) is 7.84. The molecule has 0 saturated carbocycles. The molecule has 0 radical (unpaired) electrons. The number of hydrogen-bond acceptors (Lipinski definition) is 8. The van der Waals surface area contributed by atoms with Crippen molar-refractivity contribution >= 4 is 33.9 Å². The second-order valence-corrected chi connectivity index (χ2v) is 8.08. The molecule has 10 nitrogen and oxygen atoms in total. The highest BCUT2D eigenvalue weighted by atomic mass is 32.1. The summed E-state index contributed by atoms with van der Waals surface area (Å²) in [5, 5.41) is 17.3. The fraction of sp³-hybridized carbons (Fsp3) is 0.316. The fourth-order valence-electron chi connectivity index (χ4n) is 3.56. The molecule has 5 rings (SSSR count). The van der Waals surface area contributed by atoms with Gasteiger partial charge < -0.3 is 16.0 Å². The van der Waals surface area contributed by atoms with Gasteiger partial charge >= 0.3 is 0 Å². The zero-order valence-corrected chi connectivity index (χ0v) is 17.2. The molecule has 1 saturated heterocycles. The van der Waals surface area contributed by atoms with Crippen LogP contribution < -0.4 is 16.0 Å². The number of rotatable bonds is 5. The Kier molecular flexibility index (Phi) is 4.89. The predicted octanol–water partition coefficient (Wildman–Crippen LogP) is 2.11. The van der Waals surface area contributed by atoms with Gasteiger partial charge in [-0.15, -0.1) is 0 Å². The van der Waals surface area contributed by atoms with Gasteiger partial charge in [0.05, 0.1) is 23.8 Å². The topological polar surface area (TPSA) is 125 Å². The maximum atomic E-state index is 13.0. The Labute approximate surface area is 176 Å². The number of aromatic amines is 1. The third kappa shape index (κ3) is 3.64. The van der Waals surface area contributed by atoms with Crippen LogP contribution in [0.5, 0.6) is 0 Å². The summed E-state index contributed by atoms with van der Waals surface area (Å²) in [7, 11) is 0. The van der Waals surface area contributed by atoms with Gasteiger partial charge in [0.1, 0.15) is 10.7 Å². The number of nitrogens with zero attached hydrogens (tertiary/aromatic N) is 5. The summed E-state index contributed by atoms with van der Waals surface area (Å²) < 4.78 is 6.16. The summed E-state index contributed by atoms with van der Waals surface area (Å²) in [5.74, 6) is 0.295. The average Bonchev–Trinajstić information content (AvgIpc) is 3.49. The van der Waals surface area contributed by atoms with E-state index in [0.29, 0.717) is 17.2 Å². The third-order valence-corrected chi connectivity index (χ3v) is 5.82. The highest BCUT2D eigenvalue weighted by Crippen LogP contribution is 2.27. The lowest BCUT2D eigenvalue weighted by Crippen LogP contribution is -2.45. The van der Waals surface area contributed by atoms with Gasteiger partial charge in [0.25, 0.3) is 5.91 Å². The van der Waals surface area contributed by atoms with Crippen molar-refractivity contribution in [2.75, 3.05) is 18.4 Å². The number of aromatic nitrogens is 6. The molecule has 154 valence electrons. The minimum atomic E-state index is -0.207. The Morgan fingerprint density at radius 2 is 2.30 bits per heavy atom. The lowest BCUT2D eigenvalue weighted by atomic mass is 10.1. The molecule has 11 heteroatoms. The van der Waals surface area contributed by atoms with Crippen molar-refractivity contribution < 1.29 is 4.79 Å². The fourth-order valence-corrected chi connectivity index (χ4v) is 4.22. The number of aryl methyl sites for hydroxylation is 1. The summed E-state index contributed by atoms with van der Waals surface area (Å²) in [6.45, 7) is 3.69. The molecule has 0 aliphatic carbocycles. The Morgan fingerprint density at radius 3 is 3.03 bits per heavy atom. The molecule has 4 aromatic heterocycles. The van der Waals surface area contributed by atoms with Gasteiger partial charge in [-0.05, 0) is 43.9 Å². The highest BCUT2D eigenvalue weighted by molar-refractivity contribution is 7.10. The number of carbonyl (C=O) groups excluding carboxylic acids is 1. The molecule has 1 aliphatic heterocycles. The lowest BCUT2D eigenvalue weighted by molar-refractivity contribution is 0.0925. The van der Waals surface area contributed by atoms with Crippen LogP contribution in [0.4, 0.5) is 10.8 Å². The predicted molar refractivity (Wildman–Crippen MR) is 114 cm³/mol. The quantitative estimate of drug-likeness (QED) is 0.387. The van der Waals surface area contributed by atoms with Gasteiger partial charge in [-0.3, -0.25) is 14.3 Å². The van der Waals surface area contributed by atoms with Crippen molar-refractivity contribution in [2.24, 2.45) is 0 Å². The van der Waals surface area contributed by atoms with Gasteiger partial charge in [0.2, 0.25) is 0 Å². The van der Waals surface area contributed by atoms with E-state index >= 15 is 0 Å². The normalized spacial score (nSPS) is 16.6. The van der Waals surface area contributed by atoms with Crippen molar-refractivity contribution in [3.63, 3.8) is 0 Å². The van der Waals surface area contributed by atoms with Gasteiger partial charge in [0.15, 0.2) is 11.5 Å². The van der Waals surface area contributed by atoms with Gasteiger partial charge in [0, 0.05) is 30.5 Å². The standard InChI is InChI=1S/C19H21N9OS/c1-11-5-16(30-27-11)26-17-18-21-9-15(12-6-22-23-7-12)28(18)10-14(25-17)19(29)24-13-3-2-4-20-8-13/h5-7,9-10,13,20H,2-4,8H2,1H3,(H,22,23)(H,24,29)(H,25,26). The largest absolute Gasteiger partial charge is 0.347 e. The molecule has 0 bridgehead atoms. The Balaban J connectivity index is 1.55. The van der Waals surface area contributed by atoms with Crippen LogP contribution in [0, 0.1) is 6.92 Å². The molecule has 4 N–H and O–H groups in total. The SMILES string of the molecule is Cc1cc(Nc2nc(C(=O)NC3CCCNC3)cn3c(-c4cn[nH]c4)cnc23)sn1. The number of fused-ring (bicyclic) bond motifs is 1. The molecule has 5 heterocycles. The van der Waals surface area contributed by atoms with Crippen LogP contribution in [0.25, 0.3) is 16.9 Å². The first kappa shape index (κ1) is 18.7. The van der Waals surface area contributed by atoms with Crippen LogP contribution in [0.3, 0.4) is 0 Å². The first-order valence-corrected chi connectivity index (χ1v) is 10.5.